The van der Waals surface area contributed by atoms with Gasteiger partial charge in [-0.05, 0) is 20.8 Å². The monoisotopic (exact) mass is 354 g/mol. The summed E-state index contributed by atoms with van der Waals surface area (Å²) in [4.78, 5) is 26.4. The molecule has 11 heteroatoms. The lowest BCUT2D eigenvalue weighted by atomic mass is 10.1. The van der Waals surface area contributed by atoms with E-state index in [1.54, 1.807) is 20.8 Å². The number of nitrogen functional groups attached to an aromatic ring is 1. The third-order valence-electron chi connectivity index (χ3n) is 2.77. The largest absolute Gasteiger partial charge is 0.465 e. The molecule has 4 N–H and O–H groups in total. The number of amides is 1. The van der Waals surface area contributed by atoms with Crippen LogP contribution < -0.4 is 11.1 Å². The second-order valence-corrected chi connectivity index (χ2v) is 6.59. The van der Waals surface area contributed by atoms with Gasteiger partial charge in [0.25, 0.3) is 5.78 Å². The molecule has 0 bridgehead atoms. The molecule has 1 rings (SSSR count). The van der Waals surface area contributed by atoms with Gasteiger partial charge in [0.2, 0.25) is 0 Å². The van der Waals surface area contributed by atoms with Crippen molar-refractivity contribution in [3.8, 4) is 0 Å². The first-order valence-corrected chi connectivity index (χ1v) is 7.28. The summed E-state index contributed by atoms with van der Waals surface area (Å²) in [5, 5.41) is 11.8. The topological polar surface area (TPSA) is 109 Å². The predicted molar refractivity (Wildman–Crippen MR) is 79.9 cm³/mol. The number of nitrogens with two attached hydrogens (primary N) is 1. The zero-order valence-electron chi connectivity index (χ0n) is 12.7. The second kappa shape index (κ2) is 6.60. The van der Waals surface area contributed by atoms with Crippen molar-refractivity contribution < 1.29 is 27.9 Å². The molecule has 1 heterocycles. The van der Waals surface area contributed by atoms with Gasteiger partial charge in [-0.2, -0.15) is 13.2 Å². The SMILES string of the molecule is CC(C)(C)N(CCNc1nc(N)c(C(=O)C(F)(F)F)s1)C(=O)O. The summed E-state index contributed by atoms with van der Waals surface area (Å²) in [6, 6.07) is 0. The number of thiazole rings is 1. The van der Waals surface area contributed by atoms with E-state index in [0.29, 0.717) is 11.3 Å². The number of carboxylic acid groups (broad SMARTS) is 1. The highest BCUT2D eigenvalue weighted by molar-refractivity contribution is 7.18. The van der Waals surface area contributed by atoms with E-state index in [4.69, 9.17) is 10.8 Å². The average molecular weight is 354 g/mol. The molecule has 0 aliphatic heterocycles. The minimum atomic E-state index is -5.02. The fourth-order valence-corrected chi connectivity index (χ4v) is 2.56. The summed E-state index contributed by atoms with van der Waals surface area (Å²) in [7, 11) is 0. The van der Waals surface area contributed by atoms with Crippen molar-refractivity contribution in [1.82, 2.24) is 9.88 Å². The highest BCUT2D eigenvalue weighted by Gasteiger charge is 2.42. The molecule has 0 aliphatic rings. The van der Waals surface area contributed by atoms with Gasteiger partial charge in [-0.25, -0.2) is 9.78 Å². The number of carbonyl (C=O) groups excluding carboxylic acids is 1. The number of nitrogens with one attached hydrogen (secondary N) is 1. The van der Waals surface area contributed by atoms with E-state index < -0.39 is 34.3 Å². The van der Waals surface area contributed by atoms with E-state index in [-0.39, 0.29) is 18.2 Å². The maximum atomic E-state index is 12.4. The van der Waals surface area contributed by atoms with Crippen LogP contribution in [0.2, 0.25) is 0 Å². The van der Waals surface area contributed by atoms with E-state index >= 15 is 0 Å². The molecular formula is C12H17F3N4O3S. The molecule has 0 atom stereocenters. The molecule has 0 unspecified atom stereocenters. The lowest BCUT2D eigenvalue weighted by molar-refractivity contribution is -0.0882. The van der Waals surface area contributed by atoms with Crippen molar-refractivity contribution in [2.45, 2.75) is 32.5 Å². The number of nitrogens with zero attached hydrogens (tertiary/aromatic N) is 2. The smallest absolute Gasteiger partial charge is 0.455 e. The molecule has 1 aromatic heterocycles. The molecule has 23 heavy (non-hydrogen) atoms. The number of carbonyl (C=O) groups is 2. The molecule has 0 saturated heterocycles. The van der Waals surface area contributed by atoms with Gasteiger partial charge >= 0.3 is 12.3 Å². The number of hydrogen-bond acceptors (Lipinski definition) is 6. The number of rotatable bonds is 5. The van der Waals surface area contributed by atoms with Gasteiger partial charge in [-0.1, -0.05) is 11.3 Å². The van der Waals surface area contributed by atoms with Gasteiger partial charge in [0, 0.05) is 18.6 Å². The van der Waals surface area contributed by atoms with Gasteiger partial charge in [0.05, 0.1) is 0 Å². The maximum absolute atomic E-state index is 12.4. The third kappa shape index (κ3) is 4.98. The molecular weight excluding hydrogens is 337 g/mol. The molecule has 0 fully saturated rings. The Morgan fingerprint density at radius 3 is 2.35 bits per heavy atom. The quantitative estimate of drug-likeness (QED) is 0.702. The van der Waals surface area contributed by atoms with Gasteiger partial charge in [0.1, 0.15) is 10.7 Å². The molecule has 0 aromatic carbocycles. The van der Waals surface area contributed by atoms with Crippen LogP contribution in [0.4, 0.5) is 28.9 Å². The summed E-state index contributed by atoms with van der Waals surface area (Å²) in [5.74, 6) is -2.56. The van der Waals surface area contributed by atoms with Crippen molar-refractivity contribution in [1.29, 1.82) is 0 Å². The summed E-state index contributed by atoms with van der Waals surface area (Å²) >= 11 is 0.479. The fraction of sp³-hybridized carbons (Fsp3) is 0.583. The maximum Gasteiger partial charge on any atom is 0.455 e. The Bertz CT molecular complexity index is 595. The van der Waals surface area contributed by atoms with Gasteiger partial charge in [-0.15, -0.1) is 0 Å². The first-order valence-electron chi connectivity index (χ1n) is 6.46. The van der Waals surface area contributed by atoms with Crippen LogP contribution >= 0.6 is 11.3 Å². The van der Waals surface area contributed by atoms with Crippen LogP contribution in [-0.4, -0.2) is 51.7 Å². The lowest BCUT2D eigenvalue weighted by Gasteiger charge is -2.33. The zero-order chi connectivity index (χ0) is 18.0. The summed E-state index contributed by atoms with van der Waals surface area (Å²) in [6.45, 7) is 5.32. The van der Waals surface area contributed by atoms with E-state index in [1.165, 1.54) is 4.90 Å². The molecule has 7 nitrogen and oxygen atoms in total. The van der Waals surface area contributed by atoms with Crippen LogP contribution in [0.1, 0.15) is 30.4 Å². The number of ketones is 1. The molecule has 0 saturated carbocycles. The van der Waals surface area contributed by atoms with Crippen LogP contribution in [-0.2, 0) is 0 Å². The molecule has 1 amide bonds. The van der Waals surface area contributed by atoms with Crippen LogP contribution in [0, 0.1) is 0 Å². The van der Waals surface area contributed by atoms with E-state index in [2.05, 4.69) is 10.3 Å². The lowest BCUT2D eigenvalue weighted by Crippen LogP contribution is -2.47. The molecule has 0 aliphatic carbocycles. The summed E-state index contributed by atoms with van der Waals surface area (Å²) in [6.07, 6.45) is -6.14. The first kappa shape index (κ1) is 19.0. The second-order valence-electron chi connectivity index (χ2n) is 5.59. The molecule has 130 valence electrons. The standard InChI is InChI=1S/C12H17F3N4O3S/c1-11(2,3)19(10(21)22)5-4-17-9-18-8(16)6(23-9)7(20)12(13,14)15/h4-5,16H2,1-3H3,(H,17,18)(H,21,22). The van der Waals surface area contributed by atoms with Gasteiger partial charge < -0.3 is 21.1 Å². The molecule has 1 aromatic rings. The number of halogens is 3. The highest BCUT2D eigenvalue weighted by atomic mass is 32.1. The summed E-state index contributed by atoms with van der Waals surface area (Å²) in [5.41, 5.74) is 4.69. The zero-order valence-corrected chi connectivity index (χ0v) is 13.5. The van der Waals surface area contributed by atoms with E-state index in [1.807, 2.05) is 0 Å². The Morgan fingerprint density at radius 1 is 1.35 bits per heavy atom. The van der Waals surface area contributed by atoms with Crippen molar-refractivity contribution in [3.63, 3.8) is 0 Å². The number of anilines is 2. The Hall–Kier alpha value is -2.04. The minimum Gasteiger partial charge on any atom is -0.465 e. The van der Waals surface area contributed by atoms with Crippen LogP contribution in [0.15, 0.2) is 0 Å². The molecule has 0 radical (unpaired) electrons. The van der Waals surface area contributed by atoms with Crippen LogP contribution in [0.25, 0.3) is 0 Å². The van der Waals surface area contributed by atoms with Gasteiger partial charge in [0.15, 0.2) is 5.13 Å². The van der Waals surface area contributed by atoms with Crippen molar-refractivity contribution in [2.24, 2.45) is 0 Å². The highest BCUT2D eigenvalue weighted by Crippen LogP contribution is 2.31. The van der Waals surface area contributed by atoms with Crippen LogP contribution in [0.5, 0.6) is 0 Å². The van der Waals surface area contributed by atoms with Crippen LogP contribution in [0.3, 0.4) is 0 Å². The molecule has 0 spiro atoms. The van der Waals surface area contributed by atoms with Crippen molar-refractivity contribution in [3.05, 3.63) is 4.88 Å². The first-order chi connectivity index (χ1) is 10.3. The Kier molecular flexibility index (Phi) is 5.46. The third-order valence-corrected chi connectivity index (χ3v) is 3.80. The summed E-state index contributed by atoms with van der Waals surface area (Å²) < 4.78 is 37.2. The van der Waals surface area contributed by atoms with Crippen molar-refractivity contribution >= 4 is 34.2 Å². The number of hydrogen-bond donors (Lipinski definition) is 3. The Balaban J connectivity index is 2.74. The average Bonchev–Trinajstić information content (AvgIpc) is 2.71. The normalized spacial score (nSPS) is 12.1. The number of aromatic nitrogens is 1. The van der Waals surface area contributed by atoms with E-state index in [9.17, 15) is 22.8 Å². The Morgan fingerprint density at radius 2 is 1.91 bits per heavy atom. The Labute approximate surface area is 134 Å². The number of alkyl halides is 3. The van der Waals surface area contributed by atoms with E-state index in [0.717, 1.165) is 0 Å². The predicted octanol–water partition coefficient (Wildman–Crippen LogP) is 2.66. The van der Waals surface area contributed by atoms with Gasteiger partial charge in [-0.3, -0.25) is 4.79 Å². The minimum absolute atomic E-state index is 0.0225. The fourth-order valence-electron chi connectivity index (χ4n) is 1.69. The number of Topliss-reactive ketones (excluding diaryl/α,β-unsaturated/α-hetero) is 1. The van der Waals surface area contributed by atoms with Crippen molar-refractivity contribution in [2.75, 3.05) is 24.1 Å².